The largest absolute Gasteiger partial charge is 0.468 e. The van der Waals surface area contributed by atoms with Crippen LogP contribution in [0.4, 0.5) is 0 Å². The zero-order chi connectivity index (χ0) is 13.8. The molecule has 98 valence electrons. The third kappa shape index (κ3) is 2.72. The van der Waals surface area contributed by atoms with Crippen LogP contribution in [-0.4, -0.2) is 31.5 Å². The topological polar surface area (TPSA) is 52.6 Å². The Labute approximate surface area is 114 Å². The van der Waals surface area contributed by atoms with Crippen molar-refractivity contribution in [1.29, 1.82) is 0 Å². The van der Waals surface area contributed by atoms with E-state index in [1.165, 1.54) is 14.2 Å². The van der Waals surface area contributed by atoms with Crippen LogP contribution in [0.2, 0.25) is 0 Å². The summed E-state index contributed by atoms with van der Waals surface area (Å²) in [5, 5.41) is 0.400. The molecule has 0 saturated carbocycles. The molecule has 0 radical (unpaired) electrons. The predicted molar refractivity (Wildman–Crippen MR) is 70.9 cm³/mol. The smallest absolute Gasteiger partial charge is 0.337 e. The molecule has 1 aromatic carbocycles. The molecule has 0 spiro atoms. The highest BCUT2D eigenvalue weighted by molar-refractivity contribution is 9.09. The summed E-state index contributed by atoms with van der Waals surface area (Å²) in [5.74, 6) is -0.792. The van der Waals surface area contributed by atoms with Gasteiger partial charge in [0.05, 0.1) is 25.2 Å². The van der Waals surface area contributed by atoms with Gasteiger partial charge in [0.15, 0.2) is 0 Å². The van der Waals surface area contributed by atoms with Crippen molar-refractivity contribution in [2.45, 2.75) is 12.3 Å². The van der Waals surface area contributed by atoms with Gasteiger partial charge in [-0.15, -0.1) is 0 Å². The first kappa shape index (κ1) is 14.7. The van der Waals surface area contributed by atoms with Crippen LogP contribution in [-0.2, 0) is 19.7 Å². The fourth-order valence-electron chi connectivity index (χ4n) is 1.58. The minimum atomic E-state index is -0.835. The van der Waals surface area contributed by atoms with Gasteiger partial charge in [0.2, 0.25) is 0 Å². The van der Waals surface area contributed by atoms with Crippen molar-refractivity contribution in [2.24, 2.45) is 0 Å². The molecule has 0 bridgehead atoms. The van der Waals surface area contributed by atoms with Crippen LogP contribution in [0.25, 0.3) is 0 Å². The first-order chi connectivity index (χ1) is 8.49. The van der Waals surface area contributed by atoms with Gasteiger partial charge < -0.3 is 9.47 Å². The number of halogens is 1. The molecular weight excluding hydrogens is 300 g/mol. The lowest BCUT2D eigenvalue weighted by atomic mass is 9.84. The van der Waals surface area contributed by atoms with E-state index in [1.54, 1.807) is 31.2 Å². The summed E-state index contributed by atoms with van der Waals surface area (Å²) >= 11 is 3.31. The first-order valence-electron chi connectivity index (χ1n) is 5.33. The van der Waals surface area contributed by atoms with Crippen LogP contribution in [0.1, 0.15) is 22.8 Å². The summed E-state index contributed by atoms with van der Waals surface area (Å²) in [6.45, 7) is 1.75. The molecule has 1 aromatic rings. The Morgan fingerprint density at radius 2 is 1.94 bits per heavy atom. The molecule has 0 heterocycles. The predicted octanol–water partition coefficient (Wildman–Crippen LogP) is 2.30. The lowest BCUT2D eigenvalue weighted by Crippen LogP contribution is -2.35. The van der Waals surface area contributed by atoms with Crippen molar-refractivity contribution in [1.82, 2.24) is 0 Å². The van der Waals surface area contributed by atoms with Gasteiger partial charge >= 0.3 is 11.9 Å². The van der Waals surface area contributed by atoms with Crippen molar-refractivity contribution in [3.63, 3.8) is 0 Å². The van der Waals surface area contributed by atoms with Crippen molar-refractivity contribution < 1.29 is 19.1 Å². The Balaban J connectivity index is 3.23. The Morgan fingerprint density at radius 1 is 1.28 bits per heavy atom. The highest BCUT2D eigenvalue weighted by atomic mass is 79.9. The summed E-state index contributed by atoms with van der Waals surface area (Å²) < 4.78 is 9.46. The number of benzene rings is 1. The fraction of sp³-hybridized carbons (Fsp3) is 0.385. The van der Waals surface area contributed by atoms with Gasteiger partial charge in [-0.25, -0.2) is 4.79 Å². The van der Waals surface area contributed by atoms with Crippen LogP contribution >= 0.6 is 15.9 Å². The van der Waals surface area contributed by atoms with Crippen LogP contribution in [0.5, 0.6) is 0 Å². The fourth-order valence-corrected chi connectivity index (χ4v) is 2.13. The Morgan fingerprint density at radius 3 is 2.44 bits per heavy atom. The van der Waals surface area contributed by atoms with E-state index in [4.69, 9.17) is 4.74 Å². The zero-order valence-electron chi connectivity index (χ0n) is 10.5. The Kier molecular flexibility index (Phi) is 4.90. The van der Waals surface area contributed by atoms with Crippen LogP contribution in [0.3, 0.4) is 0 Å². The van der Waals surface area contributed by atoms with Crippen LogP contribution < -0.4 is 0 Å². The average Bonchev–Trinajstić information content (AvgIpc) is 2.44. The number of esters is 2. The maximum atomic E-state index is 11.8. The normalized spacial score (nSPS) is 13.6. The summed E-state index contributed by atoms with van der Waals surface area (Å²) in [7, 11) is 2.66. The van der Waals surface area contributed by atoms with Crippen LogP contribution in [0, 0.1) is 0 Å². The van der Waals surface area contributed by atoms with Gasteiger partial charge in [0.25, 0.3) is 0 Å². The molecule has 0 aliphatic rings. The average molecular weight is 315 g/mol. The van der Waals surface area contributed by atoms with E-state index < -0.39 is 11.4 Å². The molecule has 0 N–H and O–H groups in total. The second-order valence-electron chi connectivity index (χ2n) is 4.03. The second kappa shape index (κ2) is 6.00. The maximum absolute atomic E-state index is 11.8. The Hall–Kier alpha value is -1.36. The van der Waals surface area contributed by atoms with E-state index in [0.29, 0.717) is 16.5 Å². The molecule has 0 aliphatic carbocycles. The number of methoxy groups -OCH3 is 2. The molecule has 0 amide bonds. The third-order valence-electron chi connectivity index (χ3n) is 2.82. The standard InChI is InChI=1S/C13H15BrO4/c1-13(8-14,12(16)18-3)10-6-4-5-9(7-10)11(15)17-2/h4-7H,8H2,1-3H3. The van der Waals surface area contributed by atoms with Gasteiger partial charge in [-0.1, -0.05) is 28.1 Å². The second-order valence-corrected chi connectivity index (χ2v) is 4.59. The van der Waals surface area contributed by atoms with E-state index in [9.17, 15) is 9.59 Å². The van der Waals surface area contributed by atoms with Gasteiger partial charge in [-0.3, -0.25) is 4.79 Å². The molecular formula is C13H15BrO4. The van der Waals surface area contributed by atoms with E-state index >= 15 is 0 Å². The molecule has 1 unspecified atom stereocenters. The number of carbonyl (C=O) groups excluding carboxylic acids is 2. The first-order valence-corrected chi connectivity index (χ1v) is 6.45. The summed E-state index contributed by atoms with van der Waals surface area (Å²) in [4.78, 5) is 23.3. The van der Waals surface area contributed by atoms with E-state index in [0.717, 1.165) is 0 Å². The quantitative estimate of drug-likeness (QED) is 0.632. The molecule has 5 heteroatoms. The van der Waals surface area contributed by atoms with E-state index in [-0.39, 0.29) is 5.97 Å². The number of ether oxygens (including phenoxy) is 2. The van der Waals surface area contributed by atoms with Crippen molar-refractivity contribution >= 4 is 27.9 Å². The van der Waals surface area contributed by atoms with Gasteiger partial charge in [0, 0.05) is 5.33 Å². The highest BCUT2D eigenvalue weighted by Crippen LogP contribution is 2.28. The number of alkyl halides is 1. The molecule has 4 nitrogen and oxygen atoms in total. The van der Waals surface area contributed by atoms with Gasteiger partial charge in [0.1, 0.15) is 0 Å². The molecule has 0 aromatic heterocycles. The zero-order valence-corrected chi connectivity index (χ0v) is 12.1. The van der Waals surface area contributed by atoms with Crippen LogP contribution in [0.15, 0.2) is 24.3 Å². The molecule has 0 aliphatic heterocycles. The number of hydrogen-bond acceptors (Lipinski definition) is 4. The summed E-state index contributed by atoms with van der Waals surface area (Å²) in [6.07, 6.45) is 0. The number of carbonyl (C=O) groups is 2. The maximum Gasteiger partial charge on any atom is 0.337 e. The monoisotopic (exact) mass is 314 g/mol. The lowest BCUT2D eigenvalue weighted by molar-refractivity contribution is -0.145. The SMILES string of the molecule is COC(=O)c1cccc(C(C)(CBr)C(=O)OC)c1. The number of rotatable bonds is 4. The minimum absolute atomic E-state index is 0.360. The van der Waals surface area contributed by atoms with Gasteiger partial charge in [-0.2, -0.15) is 0 Å². The molecule has 0 fully saturated rings. The van der Waals surface area contributed by atoms with E-state index in [2.05, 4.69) is 20.7 Å². The van der Waals surface area contributed by atoms with E-state index in [1.807, 2.05) is 0 Å². The number of hydrogen-bond donors (Lipinski definition) is 0. The lowest BCUT2D eigenvalue weighted by Gasteiger charge is -2.25. The molecule has 18 heavy (non-hydrogen) atoms. The summed E-state index contributed by atoms with van der Waals surface area (Å²) in [6, 6.07) is 6.78. The van der Waals surface area contributed by atoms with Gasteiger partial charge in [-0.05, 0) is 24.6 Å². The molecule has 0 saturated heterocycles. The van der Waals surface area contributed by atoms with Crippen molar-refractivity contribution in [3.05, 3.63) is 35.4 Å². The van der Waals surface area contributed by atoms with Crippen molar-refractivity contribution in [3.8, 4) is 0 Å². The third-order valence-corrected chi connectivity index (χ3v) is 3.95. The minimum Gasteiger partial charge on any atom is -0.468 e. The molecule has 1 rings (SSSR count). The summed E-state index contributed by atoms with van der Waals surface area (Å²) in [5.41, 5.74) is 0.277. The van der Waals surface area contributed by atoms with Crippen molar-refractivity contribution in [2.75, 3.05) is 19.5 Å². The highest BCUT2D eigenvalue weighted by Gasteiger charge is 2.35. The molecule has 1 atom stereocenters. The Bertz CT molecular complexity index is 458.